The molecule has 166 valence electrons. The van der Waals surface area contributed by atoms with Crippen molar-refractivity contribution in [2.24, 2.45) is 4.99 Å². The van der Waals surface area contributed by atoms with Crippen LogP contribution in [-0.4, -0.2) is 90.5 Å². The molecule has 3 heterocycles. The minimum absolute atomic E-state index is 0. The predicted octanol–water partition coefficient (Wildman–Crippen LogP) is -0.0991. The van der Waals surface area contributed by atoms with E-state index in [0.29, 0.717) is 44.6 Å². The van der Waals surface area contributed by atoms with Gasteiger partial charge in [-0.1, -0.05) is 0 Å². The molecule has 2 aliphatic heterocycles. The first-order valence-electron chi connectivity index (χ1n) is 9.46. The zero-order chi connectivity index (χ0) is 20.0. The predicted molar refractivity (Wildman–Crippen MR) is 125 cm³/mol. The first-order chi connectivity index (χ1) is 13.5. The number of guanidine groups is 1. The molecule has 1 unspecified atom stereocenters. The molecular formula is C16H30IN7O3S2. The number of aromatic nitrogens is 3. The highest BCUT2D eigenvalue weighted by atomic mass is 127. The summed E-state index contributed by atoms with van der Waals surface area (Å²) in [5.41, 5.74) is 0. The first-order valence-corrected chi connectivity index (χ1v) is 12.2. The van der Waals surface area contributed by atoms with Crippen molar-refractivity contribution in [3.05, 3.63) is 11.6 Å². The topological polar surface area (TPSA) is 114 Å². The fourth-order valence-electron chi connectivity index (χ4n) is 3.31. The van der Waals surface area contributed by atoms with Gasteiger partial charge in [-0.3, -0.25) is 4.99 Å². The second-order valence-electron chi connectivity index (χ2n) is 6.77. The summed E-state index contributed by atoms with van der Waals surface area (Å²) in [6, 6.07) is 0.159. The van der Waals surface area contributed by atoms with Crippen LogP contribution in [-0.2, 0) is 34.3 Å². The molecule has 1 aromatic heterocycles. The monoisotopic (exact) mass is 559 g/mol. The molecular weight excluding hydrogens is 529 g/mol. The first kappa shape index (κ1) is 24.6. The lowest BCUT2D eigenvalue weighted by atomic mass is 10.1. The van der Waals surface area contributed by atoms with Gasteiger partial charge in [0.15, 0.2) is 11.8 Å². The van der Waals surface area contributed by atoms with Gasteiger partial charge in [0.25, 0.3) is 0 Å². The lowest BCUT2D eigenvalue weighted by molar-refractivity contribution is 0.177. The summed E-state index contributed by atoms with van der Waals surface area (Å²) in [5, 5.41) is 10.9. The molecule has 0 aromatic carbocycles. The highest BCUT2D eigenvalue weighted by Gasteiger charge is 2.25. The lowest BCUT2D eigenvalue weighted by Gasteiger charge is -2.27. The van der Waals surface area contributed by atoms with Crippen LogP contribution in [0.4, 0.5) is 0 Å². The second-order valence-corrected chi connectivity index (χ2v) is 10.1. The van der Waals surface area contributed by atoms with Gasteiger partial charge in [0.2, 0.25) is 10.0 Å². The summed E-state index contributed by atoms with van der Waals surface area (Å²) < 4.78 is 33.4. The number of halogens is 1. The van der Waals surface area contributed by atoms with Gasteiger partial charge in [0.05, 0.1) is 12.3 Å². The number of aliphatic imine (C=N–C) groups is 1. The number of ether oxygens (including phenoxy) is 1. The number of nitrogens with one attached hydrogen (secondary N) is 2. The molecule has 1 aromatic rings. The van der Waals surface area contributed by atoms with Crippen molar-refractivity contribution in [3.63, 3.8) is 0 Å². The van der Waals surface area contributed by atoms with E-state index in [-0.39, 0.29) is 35.8 Å². The Bertz CT molecular complexity index is 781. The van der Waals surface area contributed by atoms with Gasteiger partial charge in [-0.25, -0.2) is 22.4 Å². The number of fused-ring (bicyclic) bond motifs is 1. The molecule has 0 aliphatic carbocycles. The number of thioether (sulfide) groups is 1. The number of rotatable bonds is 7. The maximum Gasteiger partial charge on any atom is 0.215 e. The molecule has 0 amide bonds. The molecule has 2 aliphatic rings. The van der Waals surface area contributed by atoms with Crippen molar-refractivity contribution in [2.75, 3.05) is 51.1 Å². The van der Waals surface area contributed by atoms with Crippen molar-refractivity contribution in [3.8, 4) is 0 Å². The lowest BCUT2D eigenvalue weighted by Crippen LogP contribution is -2.48. The summed E-state index contributed by atoms with van der Waals surface area (Å²) >= 11 is 1.80. The fourth-order valence-corrected chi connectivity index (χ4v) is 5.80. The van der Waals surface area contributed by atoms with Crippen molar-refractivity contribution < 1.29 is 13.2 Å². The van der Waals surface area contributed by atoms with E-state index >= 15 is 0 Å². The summed E-state index contributed by atoms with van der Waals surface area (Å²) in [4.78, 5) is 8.70. The SMILES string of the molecule is CN=C(NCCS(=O)(=O)N1CCSCC1)NC1CCc2nc(COC)nn2C1.I. The van der Waals surface area contributed by atoms with Crippen LogP contribution in [0.2, 0.25) is 0 Å². The molecule has 29 heavy (non-hydrogen) atoms. The maximum atomic E-state index is 12.4. The molecule has 13 heteroatoms. The van der Waals surface area contributed by atoms with Gasteiger partial charge in [-0.2, -0.15) is 16.9 Å². The van der Waals surface area contributed by atoms with E-state index in [4.69, 9.17) is 4.74 Å². The van der Waals surface area contributed by atoms with E-state index in [2.05, 4.69) is 25.7 Å². The van der Waals surface area contributed by atoms with Crippen LogP contribution in [0, 0.1) is 0 Å². The van der Waals surface area contributed by atoms with E-state index < -0.39 is 10.0 Å². The summed E-state index contributed by atoms with van der Waals surface area (Å²) in [7, 11) is 0.0935. The number of hydrogen-bond acceptors (Lipinski definition) is 7. The van der Waals surface area contributed by atoms with Crippen molar-refractivity contribution >= 4 is 51.7 Å². The third-order valence-corrected chi connectivity index (χ3v) is 7.57. The van der Waals surface area contributed by atoms with E-state index in [1.54, 1.807) is 30.2 Å². The van der Waals surface area contributed by atoms with Crippen LogP contribution in [0.15, 0.2) is 4.99 Å². The molecule has 1 atom stereocenters. The largest absolute Gasteiger partial charge is 0.377 e. The second kappa shape index (κ2) is 11.7. The van der Waals surface area contributed by atoms with Crippen molar-refractivity contribution in [2.45, 2.75) is 32.0 Å². The Morgan fingerprint density at radius 3 is 2.83 bits per heavy atom. The van der Waals surface area contributed by atoms with Crippen molar-refractivity contribution in [1.82, 2.24) is 29.7 Å². The van der Waals surface area contributed by atoms with Crippen molar-refractivity contribution in [1.29, 1.82) is 0 Å². The van der Waals surface area contributed by atoms with Gasteiger partial charge in [0, 0.05) is 57.8 Å². The van der Waals surface area contributed by atoms with Gasteiger partial charge >= 0.3 is 0 Å². The van der Waals surface area contributed by atoms with E-state index in [1.165, 1.54) is 0 Å². The molecule has 3 rings (SSSR count). The standard InChI is InChI=1S/C16H29N7O3S2.HI/c1-17-16(18-5-10-28(24,25)22-6-8-27-9-7-22)19-13-3-4-15-20-14(12-26-2)21-23(15)11-13;/h13H,3-12H2,1-2H3,(H2,17,18,19);1H. The number of sulfonamides is 1. The Morgan fingerprint density at radius 2 is 2.14 bits per heavy atom. The highest BCUT2D eigenvalue weighted by Crippen LogP contribution is 2.14. The molecule has 1 saturated heterocycles. The Morgan fingerprint density at radius 1 is 1.38 bits per heavy atom. The quantitative estimate of drug-likeness (QED) is 0.271. The molecule has 1 fully saturated rings. The Labute approximate surface area is 193 Å². The van der Waals surface area contributed by atoms with Gasteiger partial charge in [-0.15, -0.1) is 24.0 Å². The third-order valence-electron chi connectivity index (χ3n) is 4.76. The summed E-state index contributed by atoms with van der Waals surface area (Å²) in [6.07, 6.45) is 1.74. The van der Waals surface area contributed by atoms with Crippen LogP contribution in [0.3, 0.4) is 0 Å². The molecule has 0 spiro atoms. The average Bonchev–Trinajstić information content (AvgIpc) is 3.09. The maximum absolute atomic E-state index is 12.4. The van der Waals surface area contributed by atoms with Gasteiger partial charge < -0.3 is 15.4 Å². The van der Waals surface area contributed by atoms with Crippen LogP contribution in [0.5, 0.6) is 0 Å². The molecule has 2 N–H and O–H groups in total. The number of methoxy groups -OCH3 is 1. The molecule has 0 bridgehead atoms. The van der Waals surface area contributed by atoms with Gasteiger partial charge in [0.1, 0.15) is 12.4 Å². The van der Waals surface area contributed by atoms with Crippen LogP contribution in [0.25, 0.3) is 0 Å². The van der Waals surface area contributed by atoms with E-state index in [9.17, 15) is 8.42 Å². The number of hydrogen-bond donors (Lipinski definition) is 2. The number of aryl methyl sites for hydroxylation is 1. The average molecular weight is 560 g/mol. The minimum Gasteiger partial charge on any atom is -0.377 e. The van der Waals surface area contributed by atoms with Crippen LogP contribution >= 0.6 is 35.7 Å². The number of nitrogens with zero attached hydrogens (tertiary/aromatic N) is 5. The third kappa shape index (κ3) is 6.94. The summed E-state index contributed by atoms with van der Waals surface area (Å²) in [6.45, 7) is 2.63. The molecule has 0 saturated carbocycles. The Hall–Kier alpha value is -0.640. The zero-order valence-electron chi connectivity index (χ0n) is 16.8. The van der Waals surface area contributed by atoms with Crippen LogP contribution < -0.4 is 10.6 Å². The Kier molecular flexibility index (Phi) is 9.91. The van der Waals surface area contributed by atoms with E-state index in [1.807, 2.05) is 4.68 Å². The molecule has 0 radical (unpaired) electrons. The fraction of sp³-hybridized carbons (Fsp3) is 0.812. The normalized spacial score (nSPS) is 20.6. The highest BCUT2D eigenvalue weighted by molar-refractivity contribution is 14.0. The summed E-state index contributed by atoms with van der Waals surface area (Å²) in [5.74, 6) is 4.08. The molecule has 10 nitrogen and oxygen atoms in total. The van der Waals surface area contributed by atoms with Crippen LogP contribution in [0.1, 0.15) is 18.1 Å². The van der Waals surface area contributed by atoms with Gasteiger partial charge in [-0.05, 0) is 6.42 Å². The Balaban J connectivity index is 0.00000300. The minimum atomic E-state index is -3.22. The smallest absolute Gasteiger partial charge is 0.215 e. The zero-order valence-corrected chi connectivity index (χ0v) is 20.8. The van der Waals surface area contributed by atoms with E-state index in [0.717, 1.165) is 30.2 Å².